The summed E-state index contributed by atoms with van der Waals surface area (Å²) in [5, 5.41) is 5.65. The molecule has 22 heavy (non-hydrogen) atoms. The van der Waals surface area contributed by atoms with E-state index in [2.05, 4.69) is 10.6 Å². The average Bonchev–Trinajstić information content (AvgIpc) is 3.15. The van der Waals surface area contributed by atoms with Gasteiger partial charge in [-0.25, -0.2) is 0 Å². The number of hydrogen-bond donors (Lipinski definition) is 2. The van der Waals surface area contributed by atoms with Crippen molar-refractivity contribution in [3.05, 3.63) is 18.2 Å². The van der Waals surface area contributed by atoms with Gasteiger partial charge in [0, 0.05) is 18.7 Å². The molecule has 0 radical (unpaired) electrons. The van der Waals surface area contributed by atoms with Crippen LogP contribution in [0.3, 0.4) is 0 Å². The molecule has 6 nitrogen and oxygen atoms in total. The van der Waals surface area contributed by atoms with Crippen molar-refractivity contribution in [2.75, 3.05) is 12.1 Å². The number of nitrogens with one attached hydrogen (secondary N) is 2. The molecule has 1 heterocycles. The van der Waals surface area contributed by atoms with E-state index in [0.717, 1.165) is 25.7 Å². The number of anilines is 1. The van der Waals surface area contributed by atoms with Crippen molar-refractivity contribution in [3.8, 4) is 11.5 Å². The van der Waals surface area contributed by atoms with Gasteiger partial charge in [-0.05, 0) is 30.9 Å². The smallest absolute Gasteiger partial charge is 0.247 e. The van der Waals surface area contributed by atoms with E-state index in [1.54, 1.807) is 18.2 Å². The molecular weight excluding hydrogens is 284 g/mol. The highest BCUT2D eigenvalue weighted by atomic mass is 16.7. The summed E-state index contributed by atoms with van der Waals surface area (Å²) >= 11 is 0. The van der Waals surface area contributed by atoms with Gasteiger partial charge in [-0.15, -0.1) is 0 Å². The van der Waals surface area contributed by atoms with E-state index in [-0.39, 0.29) is 24.5 Å². The minimum atomic E-state index is -0.481. The Kier molecular flexibility index (Phi) is 4.18. The molecule has 1 atom stereocenters. The maximum Gasteiger partial charge on any atom is 0.247 e. The Balaban J connectivity index is 1.71. The predicted molar refractivity (Wildman–Crippen MR) is 80.8 cm³/mol. The number of rotatable bonds is 4. The maximum atomic E-state index is 12.5. The van der Waals surface area contributed by atoms with Gasteiger partial charge in [-0.3, -0.25) is 9.59 Å². The molecule has 0 saturated heterocycles. The highest BCUT2D eigenvalue weighted by Gasteiger charge is 2.31. The fourth-order valence-corrected chi connectivity index (χ4v) is 3.10. The molecule has 1 aromatic carbocycles. The van der Waals surface area contributed by atoms with Gasteiger partial charge in [-0.1, -0.05) is 12.8 Å². The van der Waals surface area contributed by atoms with Crippen LogP contribution in [0.5, 0.6) is 11.5 Å². The molecule has 1 aliphatic carbocycles. The Bertz CT molecular complexity index is 582. The lowest BCUT2D eigenvalue weighted by atomic mass is 9.97. The fourth-order valence-electron chi connectivity index (χ4n) is 3.10. The monoisotopic (exact) mass is 304 g/mol. The van der Waals surface area contributed by atoms with E-state index in [0.29, 0.717) is 17.2 Å². The van der Waals surface area contributed by atoms with Crippen LogP contribution in [0, 0.1) is 5.92 Å². The Hall–Kier alpha value is -2.24. The van der Waals surface area contributed by atoms with Crippen molar-refractivity contribution < 1.29 is 19.1 Å². The molecule has 1 unspecified atom stereocenters. The number of fused-ring (bicyclic) bond motifs is 1. The third kappa shape index (κ3) is 3.16. The average molecular weight is 304 g/mol. The summed E-state index contributed by atoms with van der Waals surface area (Å²) in [4.78, 5) is 23.9. The first-order chi connectivity index (χ1) is 10.6. The summed E-state index contributed by atoms with van der Waals surface area (Å²) < 4.78 is 10.6. The van der Waals surface area contributed by atoms with Crippen LogP contribution in [0.25, 0.3) is 0 Å². The first kappa shape index (κ1) is 14.7. The minimum Gasteiger partial charge on any atom is -0.454 e. The van der Waals surface area contributed by atoms with Crippen molar-refractivity contribution in [3.63, 3.8) is 0 Å². The van der Waals surface area contributed by atoms with E-state index in [1.165, 1.54) is 6.92 Å². The van der Waals surface area contributed by atoms with Gasteiger partial charge in [0.2, 0.25) is 18.6 Å². The SMILES string of the molecule is CC(=O)NC(C(=O)Nc1ccc2c(c1)OCO2)C1CCCC1. The lowest BCUT2D eigenvalue weighted by Gasteiger charge is -2.23. The zero-order chi connectivity index (χ0) is 15.5. The Morgan fingerprint density at radius 3 is 2.64 bits per heavy atom. The van der Waals surface area contributed by atoms with Crippen molar-refractivity contribution in [1.82, 2.24) is 5.32 Å². The topological polar surface area (TPSA) is 76.7 Å². The molecule has 2 amide bonds. The molecule has 3 rings (SSSR count). The molecule has 1 aromatic rings. The zero-order valence-corrected chi connectivity index (χ0v) is 12.6. The molecule has 1 saturated carbocycles. The van der Waals surface area contributed by atoms with Crippen LogP contribution >= 0.6 is 0 Å². The van der Waals surface area contributed by atoms with Gasteiger partial charge in [0.1, 0.15) is 6.04 Å². The lowest BCUT2D eigenvalue weighted by Crippen LogP contribution is -2.47. The normalized spacial score (nSPS) is 18.0. The molecule has 2 aliphatic rings. The molecule has 6 heteroatoms. The van der Waals surface area contributed by atoms with Crippen molar-refractivity contribution in [2.45, 2.75) is 38.6 Å². The van der Waals surface area contributed by atoms with Gasteiger partial charge in [0.15, 0.2) is 11.5 Å². The zero-order valence-electron chi connectivity index (χ0n) is 12.6. The second-order valence-electron chi connectivity index (χ2n) is 5.78. The van der Waals surface area contributed by atoms with Gasteiger partial charge >= 0.3 is 0 Å². The predicted octanol–water partition coefficient (Wildman–Crippen LogP) is 2.05. The van der Waals surface area contributed by atoms with E-state index < -0.39 is 6.04 Å². The molecule has 1 fully saturated rings. The summed E-state index contributed by atoms with van der Waals surface area (Å²) in [5.41, 5.74) is 0.641. The standard InChI is InChI=1S/C16H20N2O4/c1-10(19)17-15(11-4-2-3-5-11)16(20)18-12-6-7-13-14(8-12)22-9-21-13/h6-8,11,15H,2-5,9H2,1H3,(H,17,19)(H,18,20). The number of benzene rings is 1. The van der Waals surface area contributed by atoms with Gasteiger partial charge < -0.3 is 20.1 Å². The number of hydrogen-bond acceptors (Lipinski definition) is 4. The second kappa shape index (κ2) is 6.25. The molecule has 2 N–H and O–H groups in total. The van der Waals surface area contributed by atoms with Crippen molar-refractivity contribution in [2.24, 2.45) is 5.92 Å². The fraction of sp³-hybridized carbons (Fsp3) is 0.500. The quantitative estimate of drug-likeness (QED) is 0.892. The molecule has 0 spiro atoms. The first-order valence-electron chi connectivity index (χ1n) is 7.61. The summed E-state index contributed by atoms with van der Waals surface area (Å²) in [6, 6.07) is 4.79. The Morgan fingerprint density at radius 2 is 1.91 bits per heavy atom. The van der Waals surface area contributed by atoms with Gasteiger partial charge in [0.05, 0.1) is 0 Å². The molecule has 0 aromatic heterocycles. The molecular formula is C16H20N2O4. The van der Waals surface area contributed by atoms with Crippen LogP contribution in [0.15, 0.2) is 18.2 Å². The third-order valence-electron chi connectivity index (χ3n) is 4.15. The summed E-state index contributed by atoms with van der Waals surface area (Å²) in [7, 11) is 0. The Morgan fingerprint density at radius 1 is 1.18 bits per heavy atom. The highest BCUT2D eigenvalue weighted by Crippen LogP contribution is 2.34. The van der Waals surface area contributed by atoms with E-state index in [4.69, 9.17) is 9.47 Å². The van der Waals surface area contributed by atoms with E-state index >= 15 is 0 Å². The van der Waals surface area contributed by atoms with Gasteiger partial charge in [-0.2, -0.15) is 0 Å². The maximum absolute atomic E-state index is 12.5. The first-order valence-corrected chi connectivity index (χ1v) is 7.61. The number of carbonyl (C=O) groups excluding carboxylic acids is 2. The highest BCUT2D eigenvalue weighted by molar-refractivity contribution is 5.97. The van der Waals surface area contributed by atoms with Crippen LogP contribution in [-0.4, -0.2) is 24.6 Å². The summed E-state index contributed by atoms with van der Waals surface area (Å²) in [5.74, 6) is 1.14. The van der Waals surface area contributed by atoms with Crippen LogP contribution in [-0.2, 0) is 9.59 Å². The van der Waals surface area contributed by atoms with Gasteiger partial charge in [0.25, 0.3) is 0 Å². The van der Waals surface area contributed by atoms with Crippen molar-refractivity contribution in [1.29, 1.82) is 0 Å². The lowest BCUT2D eigenvalue weighted by molar-refractivity contribution is -0.126. The van der Waals surface area contributed by atoms with Crippen molar-refractivity contribution >= 4 is 17.5 Å². The van der Waals surface area contributed by atoms with Crippen LogP contribution < -0.4 is 20.1 Å². The van der Waals surface area contributed by atoms with E-state index in [9.17, 15) is 9.59 Å². The second-order valence-corrected chi connectivity index (χ2v) is 5.78. The molecule has 118 valence electrons. The van der Waals surface area contributed by atoms with E-state index in [1.807, 2.05) is 0 Å². The number of ether oxygens (including phenoxy) is 2. The summed E-state index contributed by atoms with van der Waals surface area (Å²) in [6.07, 6.45) is 4.16. The van der Waals surface area contributed by atoms with Crippen LogP contribution in [0.2, 0.25) is 0 Å². The third-order valence-corrected chi connectivity index (χ3v) is 4.15. The largest absolute Gasteiger partial charge is 0.454 e. The molecule has 1 aliphatic heterocycles. The minimum absolute atomic E-state index is 0.180. The number of carbonyl (C=O) groups is 2. The number of amides is 2. The Labute approximate surface area is 129 Å². The van der Waals surface area contributed by atoms with Crippen LogP contribution in [0.1, 0.15) is 32.6 Å². The molecule has 0 bridgehead atoms. The summed E-state index contributed by atoms with van der Waals surface area (Å²) in [6.45, 7) is 1.64. The van der Waals surface area contributed by atoms with Crippen LogP contribution in [0.4, 0.5) is 5.69 Å².